The molecule has 3 aromatic rings. The first-order valence-electron chi connectivity index (χ1n) is 10.0. The summed E-state index contributed by atoms with van der Waals surface area (Å²) in [5, 5.41) is 0. The number of ether oxygens (including phenoxy) is 2. The summed E-state index contributed by atoms with van der Waals surface area (Å²) in [6.07, 6.45) is 0. The number of nitrogens with zero attached hydrogens (tertiary/aromatic N) is 1. The third-order valence-corrected chi connectivity index (χ3v) is 6.09. The molecule has 3 aromatic carbocycles. The number of para-hydroxylation sites is 1. The molecule has 0 heterocycles. The maximum absolute atomic E-state index is 14.2. The van der Waals surface area contributed by atoms with Crippen LogP contribution in [0.25, 0.3) is 0 Å². The third kappa shape index (κ3) is 6.09. The summed E-state index contributed by atoms with van der Waals surface area (Å²) in [7, 11) is -1.17. The van der Waals surface area contributed by atoms with Crippen molar-refractivity contribution in [2.45, 2.75) is 11.4 Å². The lowest BCUT2D eigenvalue weighted by atomic mass is 10.1. The molecular weight excluding hydrogens is 449 g/mol. The first kappa shape index (κ1) is 24.2. The maximum Gasteiger partial charge on any atom is 0.339 e. The van der Waals surface area contributed by atoms with Crippen LogP contribution in [0.5, 0.6) is 11.5 Å². The number of benzene rings is 3. The van der Waals surface area contributed by atoms with Gasteiger partial charge >= 0.3 is 10.1 Å². The average molecular weight is 474 g/mol. The Labute approximate surface area is 192 Å². The van der Waals surface area contributed by atoms with E-state index in [1.165, 1.54) is 67.7 Å². The number of hydrogen-bond donors (Lipinski definition) is 0. The van der Waals surface area contributed by atoms with Crippen LogP contribution in [0.3, 0.4) is 0 Å². The van der Waals surface area contributed by atoms with Crippen LogP contribution in [-0.2, 0) is 21.4 Å². The van der Waals surface area contributed by atoms with Gasteiger partial charge in [0.05, 0.1) is 19.3 Å². The molecule has 0 spiro atoms. The molecule has 0 aliphatic heterocycles. The van der Waals surface area contributed by atoms with Crippen LogP contribution in [0.2, 0.25) is 0 Å². The number of amides is 1. The van der Waals surface area contributed by atoms with Gasteiger partial charge in [-0.3, -0.25) is 4.79 Å². The summed E-state index contributed by atoms with van der Waals surface area (Å²) in [6, 6.07) is 17.9. The molecule has 0 bridgehead atoms. The minimum absolute atomic E-state index is 0.00909. The fourth-order valence-corrected chi connectivity index (χ4v) is 4.05. The first-order valence-corrected chi connectivity index (χ1v) is 11.5. The van der Waals surface area contributed by atoms with Crippen molar-refractivity contribution >= 4 is 16.0 Å². The minimum Gasteiger partial charge on any atom is -0.497 e. The Kier molecular flexibility index (Phi) is 8.02. The third-order valence-electron chi connectivity index (χ3n) is 4.84. The van der Waals surface area contributed by atoms with E-state index < -0.39 is 21.8 Å². The van der Waals surface area contributed by atoms with Crippen molar-refractivity contribution in [2.75, 3.05) is 27.4 Å². The lowest BCUT2D eigenvalue weighted by Crippen LogP contribution is -2.34. The van der Waals surface area contributed by atoms with E-state index in [1.807, 2.05) is 0 Å². The summed E-state index contributed by atoms with van der Waals surface area (Å²) >= 11 is 0. The SMILES string of the molecule is COCCN(Cc1ccccc1OS(=O)(=O)c1ccc(OC)cc1)C(=O)c1ccccc1F. The van der Waals surface area contributed by atoms with Crippen LogP contribution in [-0.4, -0.2) is 46.6 Å². The molecule has 0 aromatic heterocycles. The van der Waals surface area contributed by atoms with Gasteiger partial charge in [-0.05, 0) is 42.5 Å². The second-order valence-electron chi connectivity index (χ2n) is 7.02. The van der Waals surface area contributed by atoms with Crippen molar-refractivity contribution in [2.24, 2.45) is 0 Å². The van der Waals surface area contributed by atoms with Gasteiger partial charge in [0, 0.05) is 25.8 Å². The highest BCUT2D eigenvalue weighted by molar-refractivity contribution is 7.87. The summed E-state index contributed by atoms with van der Waals surface area (Å²) in [6.45, 7) is 0.376. The number of rotatable bonds is 10. The molecule has 9 heteroatoms. The summed E-state index contributed by atoms with van der Waals surface area (Å²) in [4.78, 5) is 14.3. The second kappa shape index (κ2) is 10.9. The minimum atomic E-state index is -4.14. The Morgan fingerprint density at radius 1 is 0.939 bits per heavy atom. The van der Waals surface area contributed by atoms with Crippen LogP contribution in [0.4, 0.5) is 4.39 Å². The lowest BCUT2D eigenvalue weighted by molar-refractivity contribution is 0.0675. The van der Waals surface area contributed by atoms with Crippen LogP contribution in [0.15, 0.2) is 77.7 Å². The van der Waals surface area contributed by atoms with E-state index in [0.717, 1.165) is 0 Å². The van der Waals surface area contributed by atoms with Gasteiger partial charge in [-0.25, -0.2) is 4.39 Å². The number of halogens is 1. The standard InChI is InChI=1S/C24H24FNO6S/c1-30-16-15-26(24(27)21-8-4-5-9-22(21)25)17-18-7-3-6-10-23(18)32-33(28,29)20-13-11-19(31-2)12-14-20/h3-14H,15-17H2,1-2H3. The van der Waals surface area contributed by atoms with Crippen LogP contribution < -0.4 is 8.92 Å². The second-order valence-corrected chi connectivity index (χ2v) is 8.57. The largest absolute Gasteiger partial charge is 0.497 e. The van der Waals surface area contributed by atoms with Crippen molar-refractivity contribution < 1.29 is 31.3 Å². The van der Waals surface area contributed by atoms with Crippen molar-refractivity contribution in [3.8, 4) is 11.5 Å². The molecule has 0 aliphatic carbocycles. The Balaban J connectivity index is 1.88. The van der Waals surface area contributed by atoms with Crippen molar-refractivity contribution in [3.05, 3.63) is 89.7 Å². The normalized spacial score (nSPS) is 11.1. The fraction of sp³-hybridized carbons (Fsp3) is 0.208. The van der Waals surface area contributed by atoms with Crippen molar-refractivity contribution in [3.63, 3.8) is 0 Å². The maximum atomic E-state index is 14.2. The van der Waals surface area contributed by atoms with Gasteiger partial charge in [0.2, 0.25) is 0 Å². The van der Waals surface area contributed by atoms with Gasteiger partial charge in [-0.2, -0.15) is 8.42 Å². The van der Waals surface area contributed by atoms with E-state index in [2.05, 4.69) is 0 Å². The Hall–Kier alpha value is -3.43. The van der Waals surface area contributed by atoms with Gasteiger partial charge in [0.15, 0.2) is 0 Å². The van der Waals surface area contributed by atoms with Crippen molar-refractivity contribution in [1.82, 2.24) is 4.90 Å². The molecule has 1 amide bonds. The number of carbonyl (C=O) groups excluding carboxylic acids is 1. The van der Waals surface area contributed by atoms with Crippen LogP contribution in [0.1, 0.15) is 15.9 Å². The quantitative estimate of drug-likeness (QED) is 0.416. The summed E-state index contributed by atoms with van der Waals surface area (Å²) in [5.74, 6) is -0.610. The molecule has 0 aliphatic rings. The molecule has 0 saturated carbocycles. The first-order chi connectivity index (χ1) is 15.9. The van der Waals surface area contributed by atoms with E-state index in [-0.39, 0.29) is 35.9 Å². The number of methoxy groups -OCH3 is 2. The number of hydrogen-bond acceptors (Lipinski definition) is 6. The molecule has 0 N–H and O–H groups in total. The zero-order chi connectivity index (χ0) is 23.8. The molecule has 0 fully saturated rings. The highest BCUT2D eigenvalue weighted by Crippen LogP contribution is 2.26. The Bertz CT molecular complexity index is 1200. The fourth-order valence-electron chi connectivity index (χ4n) is 3.09. The highest BCUT2D eigenvalue weighted by atomic mass is 32.2. The molecular formula is C24H24FNO6S. The van der Waals surface area contributed by atoms with E-state index in [0.29, 0.717) is 11.3 Å². The van der Waals surface area contributed by atoms with E-state index in [1.54, 1.807) is 24.3 Å². The lowest BCUT2D eigenvalue weighted by Gasteiger charge is -2.24. The zero-order valence-corrected chi connectivity index (χ0v) is 19.0. The molecule has 3 rings (SSSR count). The van der Waals surface area contributed by atoms with Crippen molar-refractivity contribution in [1.29, 1.82) is 0 Å². The Morgan fingerprint density at radius 2 is 1.61 bits per heavy atom. The van der Waals surface area contributed by atoms with Gasteiger partial charge in [-0.15, -0.1) is 0 Å². The predicted molar refractivity (Wildman–Crippen MR) is 120 cm³/mol. The molecule has 174 valence electrons. The van der Waals surface area contributed by atoms with E-state index in [9.17, 15) is 17.6 Å². The molecule has 0 radical (unpaired) electrons. The van der Waals surface area contributed by atoms with Gasteiger partial charge in [-0.1, -0.05) is 30.3 Å². The summed E-state index contributed by atoms with van der Waals surface area (Å²) in [5.41, 5.74) is 0.355. The van der Waals surface area contributed by atoms with E-state index in [4.69, 9.17) is 13.7 Å². The van der Waals surface area contributed by atoms with Gasteiger partial charge < -0.3 is 18.6 Å². The zero-order valence-electron chi connectivity index (χ0n) is 18.2. The number of carbonyl (C=O) groups is 1. The average Bonchev–Trinajstić information content (AvgIpc) is 2.82. The highest BCUT2D eigenvalue weighted by Gasteiger charge is 2.23. The summed E-state index contributed by atoms with van der Waals surface area (Å²) < 4.78 is 55.3. The molecule has 0 atom stereocenters. The predicted octanol–water partition coefficient (Wildman–Crippen LogP) is 3.89. The smallest absolute Gasteiger partial charge is 0.339 e. The van der Waals surface area contributed by atoms with Crippen LogP contribution >= 0.6 is 0 Å². The van der Waals surface area contributed by atoms with Gasteiger partial charge in [0.25, 0.3) is 5.91 Å². The monoisotopic (exact) mass is 473 g/mol. The molecule has 7 nitrogen and oxygen atoms in total. The molecule has 0 saturated heterocycles. The Morgan fingerprint density at radius 3 is 2.27 bits per heavy atom. The van der Waals surface area contributed by atoms with Gasteiger partial charge in [0.1, 0.15) is 22.2 Å². The van der Waals surface area contributed by atoms with Crippen LogP contribution in [0, 0.1) is 5.82 Å². The molecule has 33 heavy (non-hydrogen) atoms. The van der Waals surface area contributed by atoms with E-state index >= 15 is 0 Å². The topological polar surface area (TPSA) is 82.1 Å². The molecule has 0 unspecified atom stereocenters.